The van der Waals surface area contributed by atoms with E-state index in [0.29, 0.717) is 33.2 Å². The van der Waals surface area contributed by atoms with Crippen molar-refractivity contribution in [3.63, 3.8) is 0 Å². The summed E-state index contributed by atoms with van der Waals surface area (Å²) in [6.07, 6.45) is 1.74. The van der Waals surface area contributed by atoms with E-state index in [1.165, 1.54) is 11.7 Å². The van der Waals surface area contributed by atoms with E-state index in [2.05, 4.69) is 5.10 Å². The molecular weight excluding hydrogens is 436 g/mol. The number of hydrogen-bond donors (Lipinski definition) is 0. The van der Waals surface area contributed by atoms with E-state index in [1.54, 1.807) is 18.0 Å². The van der Waals surface area contributed by atoms with Crippen LogP contribution in [0, 0.1) is 0 Å². The Morgan fingerprint density at radius 1 is 1.25 bits per heavy atom. The summed E-state index contributed by atoms with van der Waals surface area (Å²) in [4.78, 5) is 29.3. The van der Waals surface area contributed by atoms with Crippen molar-refractivity contribution in [2.24, 2.45) is 0 Å². The predicted molar refractivity (Wildman–Crippen MR) is 118 cm³/mol. The van der Waals surface area contributed by atoms with Gasteiger partial charge in [0, 0.05) is 17.0 Å². The molecule has 0 bridgehead atoms. The molecule has 0 aliphatic carbocycles. The number of esters is 1. The molecule has 0 N–H and O–H groups in total. The van der Waals surface area contributed by atoms with Gasteiger partial charge in [0.25, 0.3) is 0 Å². The van der Waals surface area contributed by atoms with Gasteiger partial charge in [-0.3, -0.25) is 14.2 Å². The molecule has 0 saturated carbocycles. The van der Waals surface area contributed by atoms with Crippen molar-refractivity contribution >= 4 is 38.7 Å². The molecule has 5 rings (SSSR count). The predicted octanol–water partition coefficient (Wildman–Crippen LogP) is 2.97. The molecule has 0 saturated heterocycles. The molecule has 0 atom stereocenters. The van der Waals surface area contributed by atoms with Crippen molar-refractivity contribution in [1.29, 1.82) is 0 Å². The number of carbonyl (C=O) groups is 1. The largest absolute Gasteiger partial charge is 0.493 e. The average molecular weight is 456 g/mol. The first kappa shape index (κ1) is 20.3. The summed E-state index contributed by atoms with van der Waals surface area (Å²) < 4.78 is 25.2. The SMILES string of the molecule is COC(=O)Cn1c(=O)sc2c(-c3cc(OC)c4c(c3)OCO4)c3cnn(C(C)C)c3nc21. The number of thiazole rings is 1. The highest BCUT2D eigenvalue weighted by atomic mass is 32.1. The van der Waals surface area contributed by atoms with Gasteiger partial charge in [-0.1, -0.05) is 11.3 Å². The van der Waals surface area contributed by atoms with Gasteiger partial charge >= 0.3 is 10.8 Å². The monoisotopic (exact) mass is 456 g/mol. The second-order valence-corrected chi connectivity index (χ2v) is 8.46. The Morgan fingerprint density at radius 3 is 2.78 bits per heavy atom. The van der Waals surface area contributed by atoms with Crippen LogP contribution in [0.3, 0.4) is 0 Å². The molecule has 0 unspecified atom stereocenters. The molecule has 10 nitrogen and oxygen atoms in total. The van der Waals surface area contributed by atoms with Crippen LogP contribution in [-0.4, -0.2) is 46.3 Å². The topological polar surface area (TPSA) is 107 Å². The number of fused-ring (bicyclic) bond motifs is 3. The molecule has 0 radical (unpaired) electrons. The van der Waals surface area contributed by atoms with Gasteiger partial charge in [-0.05, 0) is 31.5 Å². The first-order chi connectivity index (χ1) is 15.4. The van der Waals surface area contributed by atoms with Crippen molar-refractivity contribution in [2.45, 2.75) is 26.4 Å². The average Bonchev–Trinajstić information content (AvgIpc) is 3.49. The maximum absolute atomic E-state index is 12.8. The summed E-state index contributed by atoms with van der Waals surface area (Å²) in [6, 6.07) is 3.72. The number of nitrogens with zero attached hydrogens (tertiary/aromatic N) is 4. The summed E-state index contributed by atoms with van der Waals surface area (Å²) in [7, 11) is 2.84. The van der Waals surface area contributed by atoms with Crippen LogP contribution in [0.1, 0.15) is 19.9 Å². The van der Waals surface area contributed by atoms with Gasteiger partial charge in [-0.25, -0.2) is 9.67 Å². The third kappa shape index (κ3) is 3.00. The molecule has 166 valence electrons. The third-order valence-corrected chi connectivity index (χ3v) is 6.28. The number of aromatic nitrogens is 4. The zero-order chi connectivity index (χ0) is 22.6. The fourth-order valence-electron chi connectivity index (χ4n) is 3.81. The number of methoxy groups -OCH3 is 2. The molecule has 0 fully saturated rings. The Bertz CT molecular complexity index is 1430. The zero-order valence-electron chi connectivity index (χ0n) is 17.9. The van der Waals surface area contributed by atoms with E-state index in [4.69, 9.17) is 23.9 Å². The minimum Gasteiger partial charge on any atom is -0.493 e. The van der Waals surface area contributed by atoms with E-state index in [1.807, 2.05) is 26.0 Å². The van der Waals surface area contributed by atoms with Crippen LogP contribution in [-0.2, 0) is 16.1 Å². The third-order valence-electron chi connectivity index (χ3n) is 5.30. The van der Waals surface area contributed by atoms with Gasteiger partial charge in [0.1, 0.15) is 6.54 Å². The molecule has 3 aromatic heterocycles. The maximum atomic E-state index is 12.8. The highest BCUT2D eigenvalue weighted by molar-refractivity contribution is 7.17. The Hall–Kier alpha value is -3.60. The lowest BCUT2D eigenvalue weighted by Gasteiger charge is -2.12. The van der Waals surface area contributed by atoms with E-state index in [-0.39, 0.29) is 24.3 Å². The molecule has 4 aromatic rings. The molecule has 0 spiro atoms. The zero-order valence-corrected chi connectivity index (χ0v) is 18.7. The lowest BCUT2D eigenvalue weighted by atomic mass is 10.0. The highest BCUT2D eigenvalue weighted by Crippen LogP contribution is 2.47. The van der Waals surface area contributed by atoms with Gasteiger partial charge in [-0.15, -0.1) is 0 Å². The summed E-state index contributed by atoms with van der Waals surface area (Å²) in [5.41, 5.74) is 2.53. The summed E-state index contributed by atoms with van der Waals surface area (Å²) in [6.45, 7) is 3.87. The van der Waals surface area contributed by atoms with Gasteiger partial charge in [0.15, 0.2) is 22.8 Å². The fraction of sp³-hybridized carbons (Fsp3) is 0.333. The van der Waals surface area contributed by atoms with Gasteiger partial charge in [0.2, 0.25) is 12.5 Å². The van der Waals surface area contributed by atoms with Gasteiger partial charge in [-0.2, -0.15) is 5.10 Å². The number of rotatable bonds is 5. The van der Waals surface area contributed by atoms with Crippen molar-refractivity contribution in [3.8, 4) is 28.4 Å². The molecule has 4 heterocycles. The fourth-order valence-corrected chi connectivity index (χ4v) is 4.82. The van der Waals surface area contributed by atoms with Crippen LogP contribution in [0.5, 0.6) is 17.2 Å². The quantitative estimate of drug-likeness (QED) is 0.422. The van der Waals surface area contributed by atoms with E-state index >= 15 is 0 Å². The van der Waals surface area contributed by atoms with Crippen molar-refractivity contribution < 1.29 is 23.7 Å². The van der Waals surface area contributed by atoms with Crippen molar-refractivity contribution in [3.05, 3.63) is 28.0 Å². The summed E-state index contributed by atoms with van der Waals surface area (Å²) in [5.74, 6) is 1.07. The number of benzene rings is 1. The van der Waals surface area contributed by atoms with E-state index in [9.17, 15) is 9.59 Å². The normalized spacial score (nSPS) is 12.8. The maximum Gasteiger partial charge on any atom is 0.325 e. The van der Waals surface area contributed by atoms with Crippen molar-refractivity contribution in [1.82, 2.24) is 19.3 Å². The Kier molecular flexibility index (Phi) is 4.77. The lowest BCUT2D eigenvalue weighted by molar-refractivity contribution is -0.141. The molecule has 11 heteroatoms. The Balaban J connectivity index is 1.88. The standard InChI is InChI=1S/C21H20N4O6S/c1-10(2)25-19-12(7-22-25)16(11-5-13(28-3)17-14(6-11)30-9-31-17)18-20(23-19)24(21(27)32-18)8-15(26)29-4/h5-7,10H,8-9H2,1-4H3. The molecule has 1 aromatic carbocycles. The minimum atomic E-state index is -0.530. The number of carbonyl (C=O) groups excluding carboxylic acids is 1. The lowest BCUT2D eigenvalue weighted by Crippen LogP contribution is -2.20. The highest BCUT2D eigenvalue weighted by Gasteiger charge is 2.26. The van der Waals surface area contributed by atoms with Crippen LogP contribution in [0.4, 0.5) is 0 Å². The first-order valence-electron chi connectivity index (χ1n) is 9.88. The van der Waals surface area contributed by atoms with Crippen LogP contribution in [0.2, 0.25) is 0 Å². The number of pyridine rings is 1. The van der Waals surface area contributed by atoms with Gasteiger partial charge in [0.05, 0.1) is 25.1 Å². The molecule has 0 amide bonds. The smallest absolute Gasteiger partial charge is 0.325 e. The molecule has 32 heavy (non-hydrogen) atoms. The second kappa shape index (κ2) is 7.52. The van der Waals surface area contributed by atoms with Crippen LogP contribution >= 0.6 is 11.3 Å². The number of ether oxygens (including phenoxy) is 4. The van der Waals surface area contributed by atoms with E-state index < -0.39 is 5.97 Å². The second-order valence-electron chi connectivity index (χ2n) is 7.50. The van der Waals surface area contributed by atoms with Gasteiger partial charge < -0.3 is 18.9 Å². The number of hydrogen-bond acceptors (Lipinski definition) is 9. The van der Waals surface area contributed by atoms with Crippen LogP contribution in [0.25, 0.3) is 32.5 Å². The summed E-state index contributed by atoms with van der Waals surface area (Å²) in [5, 5.41) is 5.30. The Labute approximate surface area is 185 Å². The first-order valence-corrected chi connectivity index (χ1v) is 10.7. The molecule has 1 aliphatic rings. The molecule has 1 aliphatic heterocycles. The van der Waals surface area contributed by atoms with Crippen LogP contribution < -0.4 is 19.1 Å². The minimum absolute atomic E-state index is 0.0380. The summed E-state index contributed by atoms with van der Waals surface area (Å²) >= 11 is 1.02. The van der Waals surface area contributed by atoms with Crippen LogP contribution in [0.15, 0.2) is 23.1 Å². The molecular formula is C21H20N4O6S. The van der Waals surface area contributed by atoms with E-state index in [0.717, 1.165) is 27.8 Å². The Morgan fingerprint density at radius 2 is 2.06 bits per heavy atom. The van der Waals surface area contributed by atoms with Crippen molar-refractivity contribution in [2.75, 3.05) is 21.0 Å².